The maximum absolute atomic E-state index is 13.0. The average molecular weight is 524 g/mol. The molecule has 1 N–H and O–H groups in total. The highest BCUT2D eigenvalue weighted by atomic mass is 19.4. The largest absolute Gasteiger partial charge is 0.416 e. The molecule has 11 heteroatoms. The number of hydrogen-bond acceptors (Lipinski definition) is 4. The highest BCUT2D eigenvalue weighted by molar-refractivity contribution is 5.58. The van der Waals surface area contributed by atoms with Crippen LogP contribution in [-0.2, 0) is 12.8 Å². The number of nitrogens with one attached hydrogen (secondary N) is 1. The Labute approximate surface area is 210 Å². The van der Waals surface area contributed by atoms with Gasteiger partial charge in [0, 0.05) is 61.3 Å². The minimum Gasteiger partial charge on any atom is -0.368 e. The van der Waals surface area contributed by atoms with Gasteiger partial charge in [-0.15, -0.1) is 0 Å². The maximum Gasteiger partial charge on any atom is 0.416 e. The van der Waals surface area contributed by atoms with Crippen LogP contribution in [0.2, 0.25) is 0 Å². The Bertz CT molecular complexity index is 1210. The van der Waals surface area contributed by atoms with Crippen molar-refractivity contribution in [3.05, 3.63) is 77.4 Å². The fourth-order valence-corrected chi connectivity index (χ4v) is 4.30. The lowest BCUT2D eigenvalue weighted by Crippen LogP contribution is -2.45. The summed E-state index contributed by atoms with van der Waals surface area (Å²) in [6, 6.07) is 3.65. The number of piperazine rings is 1. The fraction of sp³-hybridized carbons (Fsp3) is 0.385. The number of halogens is 6. The second-order valence-corrected chi connectivity index (χ2v) is 8.88. The summed E-state index contributed by atoms with van der Waals surface area (Å²) >= 11 is 0. The lowest BCUT2D eigenvalue weighted by atomic mass is 10.1. The summed E-state index contributed by atoms with van der Waals surface area (Å²) in [6.45, 7) is 7.51. The van der Waals surface area contributed by atoms with E-state index in [-0.39, 0.29) is 12.8 Å². The summed E-state index contributed by atoms with van der Waals surface area (Å²) in [7, 11) is 0. The molecule has 0 amide bonds. The minimum absolute atomic E-state index is 0.221. The monoisotopic (exact) mass is 523 g/mol. The van der Waals surface area contributed by atoms with E-state index in [1.165, 1.54) is 12.2 Å². The molecule has 0 atom stereocenters. The highest BCUT2D eigenvalue weighted by Crippen LogP contribution is 2.31. The number of nitrogens with zero attached hydrogens (tertiary/aromatic N) is 4. The Morgan fingerprint density at radius 3 is 2.30 bits per heavy atom. The van der Waals surface area contributed by atoms with Gasteiger partial charge in [0.25, 0.3) is 0 Å². The molecule has 198 valence electrons. The van der Waals surface area contributed by atoms with Crippen molar-refractivity contribution in [2.45, 2.75) is 38.5 Å². The smallest absolute Gasteiger partial charge is 0.368 e. The van der Waals surface area contributed by atoms with E-state index in [1.807, 2.05) is 19.1 Å². The molecule has 5 nitrogen and oxygen atoms in total. The van der Waals surface area contributed by atoms with Crippen molar-refractivity contribution in [3.8, 4) is 11.4 Å². The number of aryl methyl sites for hydroxylation is 1. The van der Waals surface area contributed by atoms with E-state index >= 15 is 0 Å². The van der Waals surface area contributed by atoms with Crippen LogP contribution in [-0.4, -0.2) is 58.4 Å². The molecule has 0 saturated carbocycles. The molecule has 0 unspecified atom stereocenters. The van der Waals surface area contributed by atoms with Gasteiger partial charge in [0.05, 0.1) is 11.3 Å². The van der Waals surface area contributed by atoms with Gasteiger partial charge in [0.2, 0.25) is 0 Å². The molecule has 1 aliphatic carbocycles. The number of H-pyrrole nitrogens is 1. The van der Waals surface area contributed by atoms with Crippen LogP contribution < -0.4 is 4.90 Å². The normalized spacial score (nSPS) is 16.9. The number of alkyl halides is 6. The third-order valence-corrected chi connectivity index (χ3v) is 6.41. The molecule has 1 aliphatic heterocycles. The zero-order chi connectivity index (χ0) is 26.8. The summed E-state index contributed by atoms with van der Waals surface area (Å²) in [5, 5.41) is 0. The number of hydrogen-bond donors (Lipinski definition) is 1. The lowest BCUT2D eigenvalue weighted by molar-refractivity contribution is -0.0930. The van der Waals surface area contributed by atoms with Gasteiger partial charge >= 0.3 is 12.4 Å². The van der Waals surface area contributed by atoms with Crippen molar-refractivity contribution in [1.29, 1.82) is 0 Å². The SMILES string of the molecule is C=C(Cc1[nH]c(-c2ccc(N3CCN(C4=CCC=C(C(F)(F)F)C=C4)CC3)nc2)nc1CC)C(F)(F)F. The number of anilines is 1. The van der Waals surface area contributed by atoms with Gasteiger partial charge in [-0.05, 0) is 37.1 Å². The van der Waals surface area contributed by atoms with E-state index in [4.69, 9.17) is 0 Å². The molecule has 2 aromatic heterocycles. The summed E-state index contributed by atoms with van der Waals surface area (Å²) in [4.78, 5) is 16.1. The van der Waals surface area contributed by atoms with E-state index in [2.05, 4.69) is 31.3 Å². The third-order valence-electron chi connectivity index (χ3n) is 6.41. The van der Waals surface area contributed by atoms with Crippen molar-refractivity contribution in [2.24, 2.45) is 0 Å². The zero-order valence-corrected chi connectivity index (χ0v) is 20.3. The van der Waals surface area contributed by atoms with Crippen LogP contribution in [0, 0.1) is 0 Å². The van der Waals surface area contributed by atoms with Gasteiger partial charge in [0.15, 0.2) is 0 Å². The number of pyridine rings is 1. The van der Waals surface area contributed by atoms with Crippen LogP contribution >= 0.6 is 0 Å². The first-order valence-corrected chi connectivity index (χ1v) is 11.9. The average Bonchev–Trinajstić information content (AvgIpc) is 3.08. The first-order valence-electron chi connectivity index (χ1n) is 11.9. The Morgan fingerprint density at radius 1 is 1.00 bits per heavy atom. The molecule has 4 rings (SSSR count). The van der Waals surface area contributed by atoms with Crippen LogP contribution in [0.5, 0.6) is 0 Å². The Hall–Kier alpha value is -3.50. The zero-order valence-electron chi connectivity index (χ0n) is 20.3. The number of aromatic nitrogens is 3. The van der Waals surface area contributed by atoms with Crippen LogP contribution in [0.1, 0.15) is 24.7 Å². The van der Waals surface area contributed by atoms with Crippen LogP contribution in [0.15, 0.2) is 66.1 Å². The Morgan fingerprint density at radius 2 is 1.70 bits per heavy atom. The number of aromatic amines is 1. The van der Waals surface area contributed by atoms with Gasteiger partial charge in [-0.3, -0.25) is 0 Å². The molecule has 0 spiro atoms. The molecule has 0 bridgehead atoms. The molecule has 0 radical (unpaired) electrons. The number of allylic oxidation sites excluding steroid dienone is 6. The summed E-state index contributed by atoms with van der Waals surface area (Å²) in [5.74, 6) is 1.19. The van der Waals surface area contributed by atoms with Crippen molar-refractivity contribution in [1.82, 2.24) is 19.9 Å². The van der Waals surface area contributed by atoms with E-state index in [9.17, 15) is 26.3 Å². The second-order valence-electron chi connectivity index (χ2n) is 8.88. The maximum atomic E-state index is 13.0. The summed E-state index contributed by atoms with van der Waals surface area (Å²) in [6.07, 6.45) is -1.23. The predicted molar refractivity (Wildman–Crippen MR) is 130 cm³/mol. The second kappa shape index (κ2) is 10.5. The Kier molecular flexibility index (Phi) is 7.52. The van der Waals surface area contributed by atoms with Crippen LogP contribution in [0.25, 0.3) is 11.4 Å². The quantitative estimate of drug-likeness (QED) is 0.365. The van der Waals surface area contributed by atoms with Gasteiger partial charge in [-0.25, -0.2) is 9.97 Å². The lowest BCUT2D eigenvalue weighted by Gasteiger charge is -2.37. The summed E-state index contributed by atoms with van der Waals surface area (Å²) in [5.41, 5.74) is 0.896. The van der Waals surface area contributed by atoms with Crippen molar-refractivity contribution >= 4 is 5.82 Å². The van der Waals surface area contributed by atoms with Crippen molar-refractivity contribution < 1.29 is 26.3 Å². The molecule has 1 saturated heterocycles. The molecule has 0 aromatic carbocycles. The highest BCUT2D eigenvalue weighted by Gasteiger charge is 2.33. The molecule has 2 aliphatic rings. The Balaban J connectivity index is 1.38. The van der Waals surface area contributed by atoms with Gasteiger partial charge in [0.1, 0.15) is 11.6 Å². The molecule has 3 heterocycles. The predicted octanol–water partition coefficient (Wildman–Crippen LogP) is 6.15. The van der Waals surface area contributed by atoms with E-state index in [1.54, 1.807) is 12.3 Å². The minimum atomic E-state index is -4.46. The van der Waals surface area contributed by atoms with Crippen molar-refractivity contribution in [3.63, 3.8) is 0 Å². The number of rotatable bonds is 6. The number of imidazole rings is 1. The van der Waals surface area contributed by atoms with E-state index in [0.29, 0.717) is 55.4 Å². The van der Waals surface area contributed by atoms with Gasteiger partial charge in [-0.1, -0.05) is 25.7 Å². The van der Waals surface area contributed by atoms with Crippen LogP contribution in [0.4, 0.5) is 32.2 Å². The third kappa shape index (κ3) is 6.26. The molecule has 1 fully saturated rings. The fourth-order valence-electron chi connectivity index (χ4n) is 4.30. The van der Waals surface area contributed by atoms with Gasteiger partial charge < -0.3 is 14.8 Å². The molecular weight excluding hydrogens is 496 g/mol. The first kappa shape index (κ1) is 26.6. The van der Waals surface area contributed by atoms with E-state index < -0.39 is 23.5 Å². The topological polar surface area (TPSA) is 48.1 Å². The van der Waals surface area contributed by atoms with Gasteiger partial charge in [-0.2, -0.15) is 26.3 Å². The molecular formula is C26H27F6N5. The van der Waals surface area contributed by atoms with E-state index in [0.717, 1.165) is 17.6 Å². The molecule has 37 heavy (non-hydrogen) atoms. The summed E-state index contributed by atoms with van der Waals surface area (Å²) < 4.78 is 77.7. The standard InChI is InChI=1S/C26H27F6N5/c1-3-21-22(15-17(2)25(27,28)29)35-24(34-21)18-7-10-23(33-16-18)37-13-11-36(12-14-37)20-6-4-5-19(8-9-20)26(30,31)32/h5-10,16H,2-4,11-15H2,1H3,(H,34,35). The van der Waals surface area contributed by atoms with Crippen molar-refractivity contribution in [2.75, 3.05) is 31.1 Å². The molecule has 2 aromatic rings. The first-order chi connectivity index (χ1) is 17.5. The van der Waals surface area contributed by atoms with Crippen LogP contribution in [0.3, 0.4) is 0 Å².